The van der Waals surface area contributed by atoms with E-state index in [4.69, 9.17) is 21.8 Å². The molecule has 0 fully saturated rings. The molecule has 2 heterocycles. The number of nitrogens with two attached hydrogens (primary N) is 1. The van der Waals surface area contributed by atoms with Gasteiger partial charge in [-0.25, -0.2) is 30.0 Å². The fraction of sp³-hybridized carbons (Fsp3) is 0.458. The van der Waals surface area contributed by atoms with Crippen molar-refractivity contribution in [2.24, 2.45) is 0 Å². The molecular formula is C24H33N8O4P. The highest BCUT2D eigenvalue weighted by molar-refractivity contribution is 7.59. The standard InChI is InChI=1S/C24H33N8O4P/c1-6-11-35-23(33)24(3,4)31-37(34,30-12-18-7-9-19(26-5)10-8-18)16-36-17(2)13-32-15-29-20-21(25)27-14-28-22(20)32/h7-10,14-15,17H,6,11-13,16H2,1-4H3,(H2,25,27,28)(H2,30,31,34)/t17-,37?/m1/s1. The van der Waals surface area contributed by atoms with Crippen LogP contribution in [0.15, 0.2) is 36.9 Å². The van der Waals surface area contributed by atoms with E-state index in [1.165, 1.54) is 6.33 Å². The van der Waals surface area contributed by atoms with E-state index in [2.05, 4.69) is 30.0 Å². The van der Waals surface area contributed by atoms with Crippen LogP contribution in [-0.2, 0) is 31.9 Å². The van der Waals surface area contributed by atoms with Gasteiger partial charge in [0.2, 0.25) is 7.44 Å². The molecule has 0 saturated carbocycles. The van der Waals surface area contributed by atoms with Gasteiger partial charge in [-0.05, 0) is 32.8 Å². The summed E-state index contributed by atoms with van der Waals surface area (Å²) >= 11 is 0. The fourth-order valence-electron chi connectivity index (χ4n) is 3.49. The largest absolute Gasteiger partial charge is 0.464 e. The average molecular weight is 529 g/mol. The van der Waals surface area contributed by atoms with Crippen LogP contribution in [0.5, 0.6) is 0 Å². The number of nitrogen functional groups attached to an aromatic ring is 1. The van der Waals surface area contributed by atoms with Crippen molar-refractivity contribution < 1.29 is 18.8 Å². The summed E-state index contributed by atoms with van der Waals surface area (Å²) in [5, 5.41) is 6.01. The normalized spacial score (nSPS) is 14.1. The summed E-state index contributed by atoms with van der Waals surface area (Å²) in [5.74, 6) is -0.218. The van der Waals surface area contributed by atoms with Gasteiger partial charge in [0, 0.05) is 6.54 Å². The SMILES string of the molecule is [C-]#[N+]c1ccc(CNP(=O)(CO[C@H](C)Cn2cnc3c(N)ncnc32)NC(C)(C)C(=O)OCCC)cc1. The van der Waals surface area contributed by atoms with E-state index in [-0.39, 0.29) is 31.4 Å². The number of benzene rings is 1. The second-order valence-electron chi connectivity index (χ2n) is 9.16. The Morgan fingerprint density at radius 2 is 2.00 bits per heavy atom. The Bertz CT molecular complexity index is 1300. The third-order valence-electron chi connectivity index (χ3n) is 5.44. The minimum atomic E-state index is -3.46. The summed E-state index contributed by atoms with van der Waals surface area (Å²) in [6.07, 6.45) is 3.08. The lowest BCUT2D eigenvalue weighted by molar-refractivity contribution is -0.149. The van der Waals surface area contributed by atoms with Gasteiger partial charge < -0.3 is 19.8 Å². The van der Waals surface area contributed by atoms with Crippen LogP contribution < -0.4 is 15.9 Å². The Morgan fingerprint density at radius 3 is 2.68 bits per heavy atom. The molecule has 1 aromatic carbocycles. The number of nitrogens with zero attached hydrogens (tertiary/aromatic N) is 5. The number of hydrogen-bond acceptors (Lipinski definition) is 8. The van der Waals surface area contributed by atoms with Gasteiger partial charge in [-0.3, -0.25) is 9.36 Å². The predicted octanol–water partition coefficient (Wildman–Crippen LogP) is 3.63. The molecule has 198 valence electrons. The fourth-order valence-corrected chi connectivity index (χ4v) is 5.62. The minimum Gasteiger partial charge on any atom is -0.464 e. The number of nitrogens with one attached hydrogen (secondary N) is 2. The average Bonchev–Trinajstić information content (AvgIpc) is 3.29. The number of aromatic nitrogens is 4. The van der Waals surface area contributed by atoms with E-state index in [1.54, 1.807) is 49.0 Å². The molecule has 0 bridgehead atoms. The number of fused-ring (bicyclic) bond motifs is 1. The summed E-state index contributed by atoms with van der Waals surface area (Å²) in [6.45, 7) is 15.0. The van der Waals surface area contributed by atoms with E-state index >= 15 is 0 Å². The van der Waals surface area contributed by atoms with Crippen molar-refractivity contribution in [2.75, 3.05) is 18.7 Å². The van der Waals surface area contributed by atoms with Crippen molar-refractivity contribution in [2.45, 2.75) is 58.8 Å². The van der Waals surface area contributed by atoms with Gasteiger partial charge in [0.25, 0.3) is 0 Å². The molecular weight excluding hydrogens is 495 g/mol. The molecule has 0 saturated heterocycles. The first-order chi connectivity index (χ1) is 17.6. The Balaban J connectivity index is 1.72. The van der Waals surface area contributed by atoms with Gasteiger partial charge in [0.05, 0.1) is 32.2 Å². The zero-order chi connectivity index (χ0) is 27.1. The molecule has 37 heavy (non-hydrogen) atoms. The second kappa shape index (κ2) is 12.3. The van der Waals surface area contributed by atoms with E-state index in [1.807, 2.05) is 13.8 Å². The maximum Gasteiger partial charge on any atom is 0.326 e. The topological polar surface area (TPSA) is 151 Å². The lowest BCUT2D eigenvalue weighted by atomic mass is 10.1. The van der Waals surface area contributed by atoms with E-state index < -0.39 is 19.0 Å². The van der Waals surface area contributed by atoms with E-state index in [0.29, 0.717) is 29.8 Å². The first kappa shape index (κ1) is 28.2. The number of hydrogen-bond donors (Lipinski definition) is 3. The molecule has 13 heteroatoms. The summed E-state index contributed by atoms with van der Waals surface area (Å²) < 4.78 is 27.1. The van der Waals surface area contributed by atoms with Crippen LogP contribution in [0.25, 0.3) is 16.0 Å². The second-order valence-corrected chi connectivity index (χ2v) is 11.4. The highest BCUT2D eigenvalue weighted by Gasteiger charge is 2.37. The molecule has 0 spiro atoms. The zero-order valence-electron chi connectivity index (χ0n) is 21.5. The number of rotatable bonds is 13. The van der Waals surface area contributed by atoms with Gasteiger partial charge >= 0.3 is 5.97 Å². The third kappa shape index (κ3) is 7.57. The lowest BCUT2D eigenvalue weighted by Crippen LogP contribution is -2.48. The van der Waals surface area contributed by atoms with Crippen LogP contribution in [0, 0.1) is 6.57 Å². The van der Waals surface area contributed by atoms with E-state index in [0.717, 1.165) is 5.56 Å². The van der Waals surface area contributed by atoms with Crippen molar-refractivity contribution in [3.8, 4) is 0 Å². The molecule has 1 unspecified atom stereocenters. The number of imidazole rings is 1. The number of carbonyl (C=O) groups is 1. The summed E-state index contributed by atoms with van der Waals surface area (Å²) in [7, 11) is -3.46. The molecule has 0 aliphatic carbocycles. The van der Waals surface area contributed by atoms with Crippen LogP contribution >= 0.6 is 7.44 Å². The zero-order valence-corrected chi connectivity index (χ0v) is 22.4. The van der Waals surface area contributed by atoms with Crippen LogP contribution in [0.2, 0.25) is 0 Å². The van der Waals surface area contributed by atoms with Crippen molar-refractivity contribution in [3.63, 3.8) is 0 Å². The number of ether oxygens (including phenoxy) is 2. The molecule has 4 N–H and O–H groups in total. The molecule has 3 aromatic rings. The molecule has 0 aliphatic heterocycles. The maximum absolute atomic E-state index is 14.0. The van der Waals surface area contributed by atoms with Gasteiger partial charge in [-0.2, -0.15) is 0 Å². The quantitative estimate of drug-likeness (QED) is 0.170. The summed E-state index contributed by atoms with van der Waals surface area (Å²) in [6, 6.07) is 6.95. The lowest BCUT2D eigenvalue weighted by Gasteiger charge is -2.31. The highest BCUT2D eigenvalue weighted by Crippen LogP contribution is 2.40. The molecule has 0 aliphatic rings. The Hall–Kier alpha value is -3.36. The summed E-state index contributed by atoms with van der Waals surface area (Å²) in [5.41, 5.74) is 7.05. The van der Waals surface area contributed by atoms with Crippen molar-refractivity contribution in [3.05, 3.63) is 53.9 Å². The first-order valence-electron chi connectivity index (χ1n) is 11.9. The summed E-state index contributed by atoms with van der Waals surface area (Å²) in [4.78, 5) is 28.4. The van der Waals surface area contributed by atoms with Gasteiger partial charge in [-0.15, -0.1) is 0 Å². The molecule has 2 atom stereocenters. The molecule has 2 aromatic heterocycles. The minimum absolute atomic E-state index is 0.192. The van der Waals surface area contributed by atoms with Gasteiger partial charge in [0.15, 0.2) is 17.2 Å². The molecule has 12 nitrogen and oxygen atoms in total. The Kier molecular flexibility index (Phi) is 9.34. The van der Waals surface area contributed by atoms with Crippen LogP contribution in [0.4, 0.5) is 11.5 Å². The predicted molar refractivity (Wildman–Crippen MR) is 141 cm³/mol. The number of anilines is 1. The highest BCUT2D eigenvalue weighted by atomic mass is 31.2. The Morgan fingerprint density at radius 1 is 1.27 bits per heavy atom. The van der Waals surface area contributed by atoms with E-state index in [9.17, 15) is 9.36 Å². The van der Waals surface area contributed by atoms with Crippen LogP contribution in [-0.4, -0.2) is 50.1 Å². The van der Waals surface area contributed by atoms with Crippen molar-refractivity contribution in [1.82, 2.24) is 29.7 Å². The molecule has 0 amide bonds. The van der Waals surface area contributed by atoms with Crippen molar-refractivity contribution in [1.29, 1.82) is 0 Å². The monoisotopic (exact) mass is 528 g/mol. The molecule has 3 rings (SSSR count). The van der Waals surface area contributed by atoms with Gasteiger partial charge in [0.1, 0.15) is 23.7 Å². The smallest absolute Gasteiger partial charge is 0.326 e. The molecule has 0 radical (unpaired) electrons. The number of esters is 1. The third-order valence-corrected chi connectivity index (χ3v) is 7.54. The van der Waals surface area contributed by atoms with Crippen molar-refractivity contribution >= 4 is 36.1 Å². The van der Waals surface area contributed by atoms with Crippen LogP contribution in [0.1, 0.15) is 39.7 Å². The number of carbonyl (C=O) groups excluding carboxylic acids is 1. The van der Waals surface area contributed by atoms with Crippen LogP contribution in [0.3, 0.4) is 0 Å². The van der Waals surface area contributed by atoms with Gasteiger partial charge in [-0.1, -0.05) is 31.2 Å². The maximum atomic E-state index is 14.0. The Labute approximate surface area is 216 Å². The first-order valence-corrected chi connectivity index (χ1v) is 13.8.